The van der Waals surface area contributed by atoms with Crippen LogP contribution in [0.15, 0.2) is 12.4 Å². The molecular formula is C17H28N6O. The summed E-state index contributed by atoms with van der Waals surface area (Å²) in [5.74, 6) is 2.66. The fourth-order valence-corrected chi connectivity index (χ4v) is 3.80. The molecule has 3 heterocycles. The number of piperidine rings is 2. The number of hydrogen-bond donors (Lipinski definition) is 1. The Hall–Kier alpha value is -1.89. The van der Waals surface area contributed by atoms with Crippen LogP contribution in [0.5, 0.6) is 0 Å². The van der Waals surface area contributed by atoms with Crippen molar-refractivity contribution < 1.29 is 4.79 Å². The first-order valence-electron chi connectivity index (χ1n) is 8.78. The molecule has 132 valence electrons. The Balaban J connectivity index is 1.70. The van der Waals surface area contributed by atoms with Gasteiger partial charge in [0.25, 0.3) is 0 Å². The number of aromatic nitrogens is 2. The average Bonchev–Trinajstić information content (AvgIpc) is 2.60. The molecule has 2 aliphatic rings. The van der Waals surface area contributed by atoms with Crippen LogP contribution in [0.25, 0.3) is 0 Å². The molecule has 7 heteroatoms. The zero-order valence-corrected chi connectivity index (χ0v) is 14.9. The van der Waals surface area contributed by atoms with Crippen LogP contribution in [0.2, 0.25) is 0 Å². The number of likely N-dealkylation sites (N-methyl/N-ethyl adjacent to an activating group) is 1. The maximum Gasteiger partial charge on any atom is 0.222 e. The van der Waals surface area contributed by atoms with Gasteiger partial charge in [-0.3, -0.25) is 9.78 Å². The Bertz CT molecular complexity index is 578. The number of hydrogen-bond acceptors (Lipinski definition) is 6. The third kappa shape index (κ3) is 3.45. The lowest BCUT2D eigenvalue weighted by Gasteiger charge is -2.47. The Morgan fingerprint density at radius 3 is 2.92 bits per heavy atom. The average molecular weight is 332 g/mol. The quantitative estimate of drug-likeness (QED) is 0.851. The highest BCUT2D eigenvalue weighted by Crippen LogP contribution is 2.32. The number of anilines is 2. The summed E-state index contributed by atoms with van der Waals surface area (Å²) >= 11 is 0. The van der Waals surface area contributed by atoms with E-state index < -0.39 is 0 Å². The van der Waals surface area contributed by atoms with Crippen LogP contribution in [-0.4, -0.2) is 74.1 Å². The van der Waals surface area contributed by atoms with Crippen molar-refractivity contribution in [3.05, 3.63) is 12.4 Å². The molecule has 1 aromatic rings. The second-order valence-electron chi connectivity index (χ2n) is 6.92. The van der Waals surface area contributed by atoms with Crippen molar-refractivity contribution in [3.8, 4) is 0 Å². The van der Waals surface area contributed by atoms with Gasteiger partial charge in [0.2, 0.25) is 5.91 Å². The number of likely N-dealkylation sites (tertiary alicyclic amines) is 1. The second kappa shape index (κ2) is 7.34. The first-order valence-corrected chi connectivity index (χ1v) is 8.78. The summed E-state index contributed by atoms with van der Waals surface area (Å²) in [6.45, 7) is 3.55. The van der Waals surface area contributed by atoms with Gasteiger partial charge in [0.05, 0.1) is 12.4 Å². The fraction of sp³-hybridized carbons (Fsp3) is 0.706. The van der Waals surface area contributed by atoms with E-state index in [4.69, 9.17) is 4.98 Å². The number of fused-ring (bicyclic) bond motifs is 1. The number of amides is 1. The van der Waals surface area contributed by atoms with Gasteiger partial charge in [0.1, 0.15) is 11.6 Å². The lowest BCUT2D eigenvalue weighted by atomic mass is 9.83. The van der Waals surface area contributed by atoms with Crippen molar-refractivity contribution in [2.75, 3.05) is 57.1 Å². The molecule has 24 heavy (non-hydrogen) atoms. The van der Waals surface area contributed by atoms with E-state index in [0.29, 0.717) is 24.3 Å². The van der Waals surface area contributed by atoms with Crippen LogP contribution in [0.1, 0.15) is 19.3 Å². The topological polar surface area (TPSA) is 64.6 Å². The number of rotatable bonds is 5. The van der Waals surface area contributed by atoms with E-state index in [1.807, 2.05) is 32.2 Å². The van der Waals surface area contributed by atoms with Crippen LogP contribution >= 0.6 is 0 Å². The van der Waals surface area contributed by atoms with Gasteiger partial charge in [-0.1, -0.05) is 0 Å². The number of nitrogens with zero attached hydrogens (tertiary/aromatic N) is 5. The molecule has 1 amide bonds. The van der Waals surface area contributed by atoms with Crippen molar-refractivity contribution in [2.24, 2.45) is 5.92 Å². The fourth-order valence-electron chi connectivity index (χ4n) is 3.80. The highest BCUT2D eigenvalue weighted by molar-refractivity contribution is 5.77. The van der Waals surface area contributed by atoms with Crippen molar-refractivity contribution in [2.45, 2.75) is 25.3 Å². The molecule has 2 atom stereocenters. The molecule has 0 unspecified atom stereocenters. The van der Waals surface area contributed by atoms with Gasteiger partial charge in [0, 0.05) is 52.7 Å². The van der Waals surface area contributed by atoms with Crippen LogP contribution in [0.4, 0.5) is 11.6 Å². The molecule has 0 bridgehead atoms. The molecule has 2 aliphatic heterocycles. The normalized spacial score (nSPS) is 24.0. The maximum absolute atomic E-state index is 12.3. The summed E-state index contributed by atoms with van der Waals surface area (Å²) in [6.07, 6.45) is 6.29. The Morgan fingerprint density at radius 2 is 2.17 bits per heavy atom. The predicted octanol–water partition coefficient (Wildman–Crippen LogP) is 0.579. The number of carbonyl (C=O) groups is 1. The van der Waals surface area contributed by atoms with Gasteiger partial charge in [-0.05, 0) is 25.8 Å². The zero-order chi connectivity index (χ0) is 17.1. The second-order valence-corrected chi connectivity index (χ2v) is 6.92. The molecule has 1 N–H and O–H groups in total. The minimum atomic E-state index is 0.314. The van der Waals surface area contributed by atoms with Crippen molar-refractivity contribution in [1.82, 2.24) is 20.2 Å². The maximum atomic E-state index is 12.3. The standard InChI is InChI=1S/C17H28N6O/c1-18-7-9-23-14-6-8-22(12-13(14)4-5-17(23)24)16-11-19-10-15(20-16)21(2)3/h10-11,13-14,18H,4-9,12H2,1-3H3/t13-,14+/m0/s1. The van der Waals surface area contributed by atoms with E-state index >= 15 is 0 Å². The van der Waals surface area contributed by atoms with Crippen molar-refractivity contribution in [1.29, 1.82) is 0 Å². The first-order chi connectivity index (χ1) is 11.6. The van der Waals surface area contributed by atoms with E-state index in [1.165, 1.54) is 0 Å². The Morgan fingerprint density at radius 1 is 1.33 bits per heavy atom. The predicted molar refractivity (Wildman–Crippen MR) is 95.3 cm³/mol. The van der Waals surface area contributed by atoms with Gasteiger partial charge in [0.15, 0.2) is 0 Å². The molecular weight excluding hydrogens is 304 g/mol. The van der Waals surface area contributed by atoms with E-state index in [9.17, 15) is 4.79 Å². The highest BCUT2D eigenvalue weighted by Gasteiger charge is 2.39. The molecule has 0 spiro atoms. The van der Waals surface area contributed by atoms with Crippen molar-refractivity contribution >= 4 is 17.5 Å². The van der Waals surface area contributed by atoms with Gasteiger partial charge in [-0.25, -0.2) is 4.98 Å². The van der Waals surface area contributed by atoms with Crippen LogP contribution in [-0.2, 0) is 4.79 Å². The molecule has 2 saturated heterocycles. The number of carbonyl (C=O) groups excluding carboxylic acids is 1. The minimum absolute atomic E-state index is 0.314. The summed E-state index contributed by atoms with van der Waals surface area (Å²) in [4.78, 5) is 27.7. The lowest BCUT2D eigenvalue weighted by Crippen LogP contribution is -2.57. The summed E-state index contributed by atoms with van der Waals surface area (Å²) in [5, 5.41) is 3.16. The zero-order valence-electron chi connectivity index (χ0n) is 14.9. The van der Waals surface area contributed by atoms with Gasteiger partial charge < -0.3 is 20.0 Å². The molecule has 0 radical (unpaired) electrons. The van der Waals surface area contributed by atoms with E-state index in [1.54, 1.807) is 6.20 Å². The first kappa shape index (κ1) is 17.0. The SMILES string of the molecule is CNCCN1C(=O)CC[C@H]2CN(c3cncc(N(C)C)n3)CC[C@H]21. The third-order valence-electron chi connectivity index (χ3n) is 5.14. The van der Waals surface area contributed by atoms with E-state index in [2.05, 4.69) is 20.1 Å². The van der Waals surface area contributed by atoms with Crippen molar-refractivity contribution in [3.63, 3.8) is 0 Å². The molecule has 0 aliphatic carbocycles. The molecule has 2 fully saturated rings. The summed E-state index contributed by atoms with van der Waals surface area (Å²) in [6, 6.07) is 0.376. The highest BCUT2D eigenvalue weighted by atomic mass is 16.2. The Kier molecular flexibility index (Phi) is 5.18. The summed E-state index contributed by atoms with van der Waals surface area (Å²) in [5.41, 5.74) is 0. The van der Waals surface area contributed by atoms with Gasteiger partial charge >= 0.3 is 0 Å². The summed E-state index contributed by atoms with van der Waals surface area (Å²) in [7, 11) is 5.89. The molecule has 3 rings (SSSR count). The molecule has 7 nitrogen and oxygen atoms in total. The minimum Gasteiger partial charge on any atom is -0.361 e. The van der Waals surface area contributed by atoms with E-state index in [-0.39, 0.29) is 0 Å². The van der Waals surface area contributed by atoms with Gasteiger partial charge in [-0.2, -0.15) is 0 Å². The van der Waals surface area contributed by atoms with E-state index in [0.717, 1.165) is 50.7 Å². The Labute approximate surface area is 144 Å². The van der Waals surface area contributed by atoms with Gasteiger partial charge in [-0.15, -0.1) is 0 Å². The smallest absolute Gasteiger partial charge is 0.222 e. The van der Waals surface area contributed by atoms with Crippen LogP contribution in [0.3, 0.4) is 0 Å². The monoisotopic (exact) mass is 332 g/mol. The number of nitrogens with one attached hydrogen (secondary N) is 1. The molecule has 0 saturated carbocycles. The summed E-state index contributed by atoms with van der Waals surface area (Å²) < 4.78 is 0. The lowest BCUT2D eigenvalue weighted by molar-refractivity contribution is -0.139. The largest absolute Gasteiger partial charge is 0.361 e. The third-order valence-corrected chi connectivity index (χ3v) is 5.14. The molecule has 0 aromatic carbocycles. The van der Waals surface area contributed by atoms with Crippen LogP contribution < -0.4 is 15.1 Å². The molecule has 1 aromatic heterocycles. The van der Waals surface area contributed by atoms with Crippen LogP contribution in [0, 0.1) is 5.92 Å².